The highest BCUT2D eigenvalue weighted by atomic mass is 35.5. The number of pyridine rings is 1. The molecule has 0 aromatic carbocycles. The van der Waals surface area contributed by atoms with Gasteiger partial charge in [0.25, 0.3) is 5.56 Å². The van der Waals surface area contributed by atoms with Crippen molar-refractivity contribution in [1.82, 2.24) is 19.2 Å². The SMILES string of the molecule is Cc1nn(C)c(Cl)c1C(=O)OCc1cc(=O)n2cccc(C)c2n1. The van der Waals surface area contributed by atoms with Crippen molar-refractivity contribution in [3.8, 4) is 0 Å². The van der Waals surface area contributed by atoms with E-state index in [9.17, 15) is 9.59 Å². The first kappa shape index (κ1) is 16.2. The van der Waals surface area contributed by atoms with Gasteiger partial charge in [0, 0.05) is 19.3 Å². The lowest BCUT2D eigenvalue weighted by molar-refractivity contribution is 0.0467. The zero-order valence-corrected chi connectivity index (χ0v) is 14.2. The number of esters is 1. The molecule has 0 saturated carbocycles. The second-order valence-electron chi connectivity index (χ2n) is 5.42. The molecule has 0 radical (unpaired) electrons. The standard InChI is InChI=1S/C16H15ClN4O3/c1-9-5-4-6-21-12(22)7-11(18-15(9)21)8-24-16(23)13-10(2)19-20(3)14(13)17/h4-7H,8H2,1-3H3. The van der Waals surface area contributed by atoms with E-state index < -0.39 is 5.97 Å². The molecule has 3 heterocycles. The van der Waals surface area contributed by atoms with Gasteiger partial charge in [0.05, 0.1) is 11.4 Å². The number of rotatable bonds is 3. The molecule has 0 aliphatic carbocycles. The van der Waals surface area contributed by atoms with Gasteiger partial charge in [0.15, 0.2) is 0 Å². The van der Waals surface area contributed by atoms with Crippen LogP contribution in [-0.4, -0.2) is 25.1 Å². The Labute approximate surface area is 142 Å². The first-order valence-corrected chi connectivity index (χ1v) is 7.60. The summed E-state index contributed by atoms with van der Waals surface area (Å²) in [5.41, 5.74) is 2.23. The van der Waals surface area contributed by atoms with Crippen LogP contribution in [0, 0.1) is 13.8 Å². The molecule has 0 amide bonds. The number of hydrogen-bond acceptors (Lipinski definition) is 5. The molecule has 124 valence electrons. The Morgan fingerprint density at radius 1 is 1.38 bits per heavy atom. The molecular weight excluding hydrogens is 332 g/mol. The van der Waals surface area contributed by atoms with E-state index in [2.05, 4.69) is 10.1 Å². The van der Waals surface area contributed by atoms with Gasteiger partial charge in [-0.2, -0.15) is 5.10 Å². The predicted molar refractivity (Wildman–Crippen MR) is 88.3 cm³/mol. The molecule has 3 aromatic rings. The van der Waals surface area contributed by atoms with Crippen molar-refractivity contribution in [2.45, 2.75) is 20.5 Å². The third kappa shape index (κ3) is 2.78. The summed E-state index contributed by atoms with van der Waals surface area (Å²) in [5.74, 6) is -0.600. The van der Waals surface area contributed by atoms with Crippen molar-refractivity contribution in [2.24, 2.45) is 7.05 Å². The molecule has 0 aliphatic rings. The average molecular weight is 347 g/mol. The van der Waals surface area contributed by atoms with Crippen LogP contribution in [0.15, 0.2) is 29.2 Å². The monoisotopic (exact) mass is 346 g/mol. The highest BCUT2D eigenvalue weighted by molar-refractivity contribution is 6.32. The van der Waals surface area contributed by atoms with E-state index in [1.54, 1.807) is 26.2 Å². The third-order valence-electron chi connectivity index (χ3n) is 3.65. The molecule has 0 aliphatic heterocycles. The lowest BCUT2D eigenvalue weighted by Crippen LogP contribution is -2.17. The summed E-state index contributed by atoms with van der Waals surface area (Å²) in [5, 5.41) is 4.28. The Morgan fingerprint density at radius 2 is 2.12 bits per heavy atom. The van der Waals surface area contributed by atoms with Gasteiger partial charge >= 0.3 is 5.97 Å². The molecular formula is C16H15ClN4O3. The van der Waals surface area contributed by atoms with E-state index in [1.165, 1.54) is 15.1 Å². The second-order valence-corrected chi connectivity index (χ2v) is 5.78. The minimum absolute atomic E-state index is 0.121. The van der Waals surface area contributed by atoms with Crippen molar-refractivity contribution in [1.29, 1.82) is 0 Å². The minimum Gasteiger partial charge on any atom is -0.455 e. The maximum absolute atomic E-state index is 12.2. The number of nitrogens with zero attached hydrogens (tertiary/aromatic N) is 4. The fourth-order valence-corrected chi connectivity index (χ4v) is 2.71. The first-order valence-electron chi connectivity index (χ1n) is 7.22. The molecule has 0 spiro atoms. The Morgan fingerprint density at radius 3 is 2.79 bits per heavy atom. The zero-order valence-electron chi connectivity index (χ0n) is 13.4. The quantitative estimate of drug-likeness (QED) is 0.678. The van der Waals surface area contributed by atoms with Gasteiger partial charge in [-0.25, -0.2) is 9.78 Å². The van der Waals surface area contributed by atoms with Crippen molar-refractivity contribution >= 4 is 23.2 Å². The van der Waals surface area contributed by atoms with Crippen LogP contribution in [0.5, 0.6) is 0 Å². The smallest absolute Gasteiger partial charge is 0.343 e. The fourth-order valence-electron chi connectivity index (χ4n) is 2.46. The number of aromatic nitrogens is 4. The van der Waals surface area contributed by atoms with Crippen LogP contribution >= 0.6 is 11.6 Å². The number of aryl methyl sites for hydroxylation is 3. The van der Waals surface area contributed by atoms with Crippen molar-refractivity contribution in [3.63, 3.8) is 0 Å². The molecule has 0 fully saturated rings. The Balaban J connectivity index is 1.87. The van der Waals surface area contributed by atoms with E-state index in [1.807, 2.05) is 13.0 Å². The number of hydrogen-bond donors (Lipinski definition) is 0. The number of ether oxygens (including phenoxy) is 1. The molecule has 0 saturated heterocycles. The number of halogens is 1. The van der Waals surface area contributed by atoms with E-state index in [0.29, 0.717) is 17.0 Å². The average Bonchev–Trinajstić information content (AvgIpc) is 2.79. The summed E-state index contributed by atoms with van der Waals surface area (Å²) in [6, 6.07) is 4.98. The topological polar surface area (TPSA) is 78.5 Å². The summed E-state index contributed by atoms with van der Waals surface area (Å²) in [7, 11) is 1.64. The minimum atomic E-state index is -0.600. The van der Waals surface area contributed by atoms with Crippen LogP contribution in [0.25, 0.3) is 5.65 Å². The largest absolute Gasteiger partial charge is 0.455 e. The second kappa shape index (κ2) is 6.09. The predicted octanol–water partition coefficient (Wildman–Crippen LogP) is 2.06. The van der Waals surface area contributed by atoms with Crippen molar-refractivity contribution in [3.05, 3.63) is 62.4 Å². The Hall–Kier alpha value is -2.67. The van der Waals surface area contributed by atoms with Crippen LogP contribution in [0.4, 0.5) is 0 Å². The normalized spacial score (nSPS) is 11.0. The summed E-state index contributed by atoms with van der Waals surface area (Å²) in [6.07, 6.45) is 1.65. The van der Waals surface area contributed by atoms with Crippen LogP contribution in [0.1, 0.15) is 27.3 Å². The van der Waals surface area contributed by atoms with Crippen molar-refractivity contribution < 1.29 is 9.53 Å². The summed E-state index contributed by atoms with van der Waals surface area (Å²) in [4.78, 5) is 28.7. The molecule has 0 atom stereocenters. The maximum atomic E-state index is 12.2. The van der Waals surface area contributed by atoms with E-state index in [4.69, 9.17) is 16.3 Å². The van der Waals surface area contributed by atoms with Crippen LogP contribution < -0.4 is 5.56 Å². The molecule has 24 heavy (non-hydrogen) atoms. The summed E-state index contributed by atoms with van der Waals surface area (Å²) in [6.45, 7) is 3.41. The van der Waals surface area contributed by atoms with Crippen molar-refractivity contribution in [2.75, 3.05) is 0 Å². The molecule has 7 nitrogen and oxygen atoms in total. The molecule has 3 rings (SSSR count). The molecule has 0 N–H and O–H groups in total. The van der Waals surface area contributed by atoms with Gasteiger partial charge in [-0.3, -0.25) is 13.9 Å². The van der Waals surface area contributed by atoms with Crippen LogP contribution in [0.3, 0.4) is 0 Å². The van der Waals surface area contributed by atoms with Gasteiger partial charge in [-0.05, 0) is 25.5 Å². The molecule has 0 unspecified atom stereocenters. The van der Waals surface area contributed by atoms with E-state index in [-0.39, 0.29) is 22.9 Å². The van der Waals surface area contributed by atoms with Gasteiger partial charge in [0.1, 0.15) is 23.0 Å². The van der Waals surface area contributed by atoms with Crippen LogP contribution in [-0.2, 0) is 18.4 Å². The first-order chi connectivity index (χ1) is 11.4. The lowest BCUT2D eigenvalue weighted by atomic mass is 10.2. The highest BCUT2D eigenvalue weighted by Crippen LogP contribution is 2.20. The number of carbonyl (C=O) groups excluding carboxylic acids is 1. The number of carbonyl (C=O) groups is 1. The maximum Gasteiger partial charge on any atom is 0.343 e. The molecule has 0 bridgehead atoms. The lowest BCUT2D eigenvalue weighted by Gasteiger charge is -2.07. The van der Waals surface area contributed by atoms with E-state index in [0.717, 1.165) is 5.56 Å². The summed E-state index contributed by atoms with van der Waals surface area (Å²) < 4.78 is 8.09. The summed E-state index contributed by atoms with van der Waals surface area (Å²) >= 11 is 6.05. The van der Waals surface area contributed by atoms with Gasteiger partial charge in [-0.1, -0.05) is 17.7 Å². The van der Waals surface area contributed by atoms with E-state index >= 15 is 0 Å². The highest BCUT2D eigenvalue weighted by Gasteiger charge is 2.20. The third-order valence-corrected chi connectivity index (χ3v) is 4.08. The van der Waals surface area contributed by atoms with Gasteiger partial charge < -0.3 is 4.74 Å². The fraction of sp³-hybridized carbons (Fsp3) is 0.250. The molecule has 8 heteroatoms. The Kier molecular flexibility index (Phi) is 4.11. The Bertz CT molecular complexity index is 1010. The number of fused-ring (bicyclic) bond motifs is 1. The zero-order chi connectivity index (χ0) is 17.4. The molecule has 3 aromatic heterocycles. The van der Waals surface area contributed by atoms with Gasteiger partial charge in [0.2, 0.25) is 0 Å². The van der Waals surface area contributed by atoms with Gasteiger partial charge in [-0.15, -0.1) is 0 Å². The van der Waals surface area contributed by atoms with Crippen LogP contribution in [0.2, 0.25) is 5.15 Å².